The van der Waals surface area contributed by atoms with Crippen LogP contribution >= 0.6 is 0 Å². The summed E-state index contributed by atoms with van der Waals surface area (Å²) in [7, 11) is 0. The molecular weight excluding hydrogens is 391 g/mol. The molecule has 3 N–H and O–H groups in total. The van der Waals surface area contributed by atoms with E-state index in [0.717, 1.165) is 12.1 Å². The van der Waals surface area contributed by atoms with Crippen LogP contribution in [0, 0.1) is 23.3 Å². The first-order valence-electron chi connectivity index (χ1n) is 6.67. The van der Waals surface area contributed by atoms with Gasteiger partial charge in [-0.2, -0.15) is 13.2 Å². The number of amides is 1. The molecular formula is C15H6F7NO4. The number of carboxylic acid groups (broad SMARTS) is 1. The number of anilines is 1. The van der Waals surface area contributed by atoms with E-state index >= 15 is 0 Å². The number of aromatic carboxylic acids is 1. The number of nitrogens with one attached hydrogen (secondary N) is 1. The zero-order chi connectivity index (χ0) is 20.7. The average Bonchev–Trinajstić information content (AvgIpc) is 2.53. The van der Waals surface area contributed by atoms with Gasteiger partial charge in [0.15, 0.2) is 23.3 Å². The van der Waals surface area contributed by atoms with Gasteiger partial charge in [-0.1, -0.05) is 0 Å². The molecule has 1 amide bonds. The molecule has 2 rings (SSSR count). The van der Waals surface area contributed by atoms with Gasteiger partial charge in [-0.05, 0) is 18.2 Å². The van der Waals surface area contributed by atoms with Crippen molar-refractivity contribution in [3.8, 4) is 5.75 Å². The lowest BCUT2D eigenvalue weighted by Gasteiger charge is -2.14. The predicted molar refractivity (Wildman–Crippen MR) is 74.3 cm³/mol. The van der Waals surface area contributed by atoms with E-state index in [4.69, 9.17) is 5.11 Å². The normalized spacial score (nSPS) is 11.4. The minimum atomic E-state index is -5.77. The third-order valence-electron chi connectivity index (χ3n) is 3.26. The van der Waals surface area contributed by atoms with E-state index in [0.29, 0.717) is 6.07 Å². The maximum Gasteiger partial charge on any atom is 0.422 e. The summed E-state index contributed by atoms with van der Waals surface area (Å²) in [6.45, 7) is 0. The highest BCUT2D eigenvalue weighted by atomic mass is 19.4. The van der Waals surface area contributed by atoms with Crippen molar-refractivity contribution < 1.29 is 50.5 Å². The number of aromatic hydroxyl groups is 1. The molecule has 12 heteroatoms. The van der Waals surface area contributed by atoms with Crippen molar-refractivity contribution in [1.29, 1.82) is 0 Å². The van der Waals surface area contributed by atoms with Crippen molar-refractivity contribution in [3.63, 3.8) is 0 Å². The van der Waals surface area contributed by atoms with Crippen LogP contribution in [0.5, 0.6) is 5.75 Å². The molecule has 0 bridgehead atoms. The molecule has 0 saturated carbocycles. The molecule has 144 valence electrons. The molecule has 0 aliphatic carbocycles. The van der Waals surface area contributed by atoms with Crippen LogP contribution < -0.4 is 5.32 Å². The smallest absolute Gasteiger partial charge is 0.422 e. The van der Waals surface area contributed by atoms with E-state index in [2.05, 4.69) is 0 Å². The number of carbonyl (C=O) groups excluding carboxylic acids is 1. The lowest BCUT2D eigenvalue weighted by molar-refractivity contribution is -0.143. The maximum absolute atomic E-state index is 13.8. The lowest BCUT2D eigenvalue weighted by atomic mass is 10.1. The van der Waals surface area contributed by atoms with E-state index in [-0.39, 0.29) is 0 Å². The van der Waals surface area contributed by atoms with Gasteiger partial charge >= 0.3 is 12.1 Å². The van der Waals surface area contributed by atoms with E-state index in [1.807, 2.05) is 0 Å². The van der Waals surface area contributed by atoms with Crippen molar-refractivity contribution in [2.45, 2.75) is 6.18 Å². The van der Waals surface area contributed by atoms with Crippen LogP contribution in [0.3, 0.4) is 0 Å². The molecule has 0 fully saturated rings. The van der Waals surface area contributed by atoms with Gasteiger partial charge in [-0.15, -0.1) is 0 Å². The number of hydrogen-bond acceptors (Lipinski definition) is 3. The van der Waals surface area contributed by atoms with Gasteiger partial charge in [0, 0.05) is 5.69 Å². The molecule has 5 nitrogen and oxygen atoms in total. The summed E-state index contributed by atoms with van der Waals surface area (Å²) in [6.07, 6.45) is -5.77. The van der Waals surface area contributed by atoms with Gasteiger partial charge in [-0.25, -0.2) is 22.4 Å². The third kappa shape index (κ3) is 3.64. The van der Waals surface area contributed by atoms with E-state index in [1.165, 1.54) is 0 Å². The van der Waals surface area contributed by atoms with Crippen molar-refractivity contribution in [2.24, 2.45) is 0 Å². The summed E-state index contributed by atoms with van der Waals surface area (Å²) in [6, 6.07) is 2.29. The molecule has 2 aromatic carbocycles. The van der Waals surface area contributed by atoms with Crippen LogP contribution in [-0.2, 0) is 6.18 Å². The second-order valence-corrected chi connectivity index (χ2v) is 4.99. The minimum Gasteiger partial charge on any atom is -0.507 e. The first-order chi connectivity index (χ1) is 12.4. The zero-order valence-corrected chi connectivity index (χ0v) is 12.6. The molecule has 27 heavy (non-hydrogen) atoms. The van der Waals surface area contributed by atoms with Crippen molar-refractivity contribution in [3.05, 3.63) is 58.2 Å². The number of phenols is 1. The van der Waals surface area contributed by atoms with Gasteiger partial charge in [-0.3, -0.25) is 4.79 Å². The monoisotopic (exact) mass is 397 g/mol. The molecule has 0 aliphatic rings. The standard InChI is InChI=1S/C15H6F7NO4/c16-9-7(10(17)12(19)8(11(9)18)15(20,21)22)13(25)23-4-1-2-6(24)5(3-4)14(26)27/h1-3,24H,(H,23,25)(H,26,27). The Balaban J connectivity index is 2.52. The molecule has 2 aromatic rings. The fourth-order valence-electron chi connectivity index (χ4n) is 2.06. The Kier molecular flexibility index (Phi) is 5.02. The zero-order valence-electron chi connectivity index (χ0n) is 12.6. The Morgan fingerprint density at radius 1 is 0.926 bits per heavy atom. The summed E-state index contributed by atoms with van der Waals surface area (Å²) < 4.78 is 92.2. The number of halogens is 7. The van der Waals surface area contributed by atoms with Gasteiger partial charge in [0.1, 0.15) is 22.4 Å². The number of alkyl halides is 3. The summed E-state index contributed by atoms with van der Waals surface area (Å²) in [5, 5.41) is 19.8. The molecule has 0 aliphatic heterocycles. The topological polar surface area (TPSA) is 86.6 Å². The van der Waals surface area contributed by atoms with Crippen LogP contribution in [-0.4, -0.2) is 22.1 Å². The van der Waals surface area contributed by atoms with Crippen LogP contribution in [0.15, 0.2) is 18.2 Å². The Bertz CT molecular complexity index is 927. The second-order valence-electron chi connectivity index (χ2n) is 4.99. The Morgan fingerprint density at radius 3 is 1.89 bits per heavy atom. The Labute approximate surface area is 144 Å². The average molecular weight is 397 g/mol. The molecule has 0 heterocycles. The first-order valence-corrected chi connectivity index (χ1v) is 6.67. The quantitative estimate of drug-likeness (QED) is 0.416. The minimum absolute atomic E-state index is 0.477. The van der Waals surface area contributed by atoms with E-state index in [9.17, 15) is 45.4 Å². The number of carboxylic acids is 1. The SMILES string of the molecule is O=C(O)c1cc(NC(=O)c2c(F)c(F)c(C(F)(F)F)c(F)c2F)ccc1O. The molecule has 0 unspecified atom stereocenters. The van der Waals surface area contributed by atoms with Crippen LogP contribution in [0.2, 0.25) is 0 Å². The molecule has 0 aromatic heterocycles. The Hall–Kier alpha value is -3.31. The highest BCUT2D eigenvalue weighted by Gasteiger charge is 2.43. The summed E-state index contributed by atoms with van der Waals surface area (Å²) in [4.78, 5) is 22.7. The van der Waals surface area contributed by atoms with Gasteiger partial charge < -0.3 is 15.5 Å². The van der Waals surface area contributed by atoms with Crippen LogP contribution in [0.4, 0.5) is 36.4 Å². The lowest BCUT2D eigenvalue weighted by Crippen LogP contribution is -2.22. The fraction of sp³-hybridized carbons (Fsp3) is 0.0667. The van der Waals surface area contributed by atoms with Crippen molar-refractivity contribution in [2.75, 3.05) is 5.32 Å². The van der Waals surface area contributed by atoms with E-state index < -0.39 is 69.4 Å². The third-order valence-corrected chi connectivity index (χ3v) is 3.26. The number of hydrogen-bond donors (Lipinski definition) is 3. The van der Waals surface area contributed by atoms with E-state index in [1.54, 1.807) is 5.32 Å². The molecule has 0 saturated heterocycles. The fourth-order valence-corrected chi connectivity index (χ4v) is 2.06. The largest absolute Gasteiger partial charge is 0.507 e. The summed E-state index contributed by atoms with van der Waals surface area (Å²) in [5.74, 6) is -15.1. The van der Waals surface area contributed by atoms with Gasteiger partial charge in [0.05, 0.1) is 0 Å². The van der Waals surface area contributed by atoms with Gasteiger partial charge in [0.25, 0.3) is 5.91 Å². The Morgan fingerprint density at radius 2 is 1.44 bits per heavy atom. The molecule has 0 spiro atoms. The highest BCUT2D eigenvalue weighted by molar-refractivity contribution is 6.05. The maximum atomic E-state index is 13.8. The van der Waals surface area contributed by atoms with Gasteiger partial charge in [0.2, 0.25) is 0 Å². The second kappa shape index (κ2) is 6.78. The molecule has 0 radical (unpaired) electrons. The summed E-state index contributed by atoms with van der Waals surface area (Å²) >= 11 is 0. The number of carbonyl (C=O) groups is 2. The number of benzene rings is 2. The highest BCUT2D eigenvalue weighted by Crippen LogP contribution is 2.37. The van der Waals surface area contributed by atoms with Crippen molar-refractivity contribution in [1.82, 2.24) is 0 Å². The predicted octanol–water partition coefficient (Wildman–Crippen LogP) is 3.92. The van der Waals surface area contributed by atoms with Crippen LogP contribution in [0.25, 0.3) is 0 Å². The van der Waals surface area contributed by atoms with Crippen LogP contribution in [0.1, 0.15) is 26.3 Å². The molecule has 0 atom stereocenters. The first kappa shape index (κ1) is 20.0. The summed E-state index contributed by atoms with van der Waals surface area (Å²) in [5.41, 5.74) is -6.04. The van der Waals surface area contributed by atoms with Crippen molar-refractivity contribution >= 4 is 17.6 Å². The number of rotatable bonds is 3.